The molecule has 5 N–H and O–H groups in total. The summed E-state index contributed by atoms with van der Waals surface area (Å²) in [6.07, 6.45) is -0.317. The van der Waals surface area contributed by atoms with E-state index >= 15 is 0 Å². The third-order valence-corrected chi connectivity index (χ3v) is 2.73. The molecule has 2 amide bonds. The molecule has 0 aromatic heterocycles. The summed E-state index contributed by atoms with van der Waals surface area (Å²) in [6, 6.07) is 2.70. The molecule has 1 aromatic rings. The van der Waals surface area contributed by atoms with Gasteiger partial charge in [-0.2, -0.15) is 0 Å². The SMILES string of the molecule is COc1ccc(O)c(C(=O)N[C@@H](CCC(N)=O)C(=O)O)c1. The molecule has 0 aliphatic carbocycles. The van der Waals surface area contributed by atoms with E-state index in [1.165, 1.54) is 25.3 Å². The number of carbonyl (C=O) groups is 3. The van der Waals surface area contributed by atoms with E-state index in [2.05, 4.69) is 5.32 Å². The predicted molar refractivity (Wildman–Crippen MR) is 72.0 cm³/mol. The van der Waals surface area contributed by atoms with Crippen LogP contribution in [0, 0.1) is 0 Å². The molecule has 8 nitrogen and oxygen atoms in total. The second-order valence-corrected chi connectivity index (χ2v) is 4.25. The molecule has 0 saturated carbocycles. The van der Waals surface area contributed by atoms with Crippen molar-refractivity contribution < 1.29 is 29.3 Å². The Kier molecular flexibility index (Phi) is 5.53. The number of hydrogen-bond acceptors (Lipinski definition) is 5. The van der Waals surface area contributed by atoms with Crippen molar-refractivity contribution in [3.63, 3.8) is 0 Å². The van der Waals surface area contributed by atoms with Crippen molar-refractivity contribution in [1.29, 1.82) is 0 Å². The topological polar surface area (TPSA) is 139 Å². The first-order valence-corrected chi connectivity index (χ1v) is 6.04. The highest BCUT2D eigenvalue weighted by atomic mass is 16.5. The lowest BCUT2D eigenvalue weighted by atomic mass is 10.1. The number of aliphatic carboxylic acids is 1. The van der Waals surface area contributed by atoms with E-state index < -0.39 is 23.8 Å². The first kappa shape index (κ1) is 16.3. The van der Waals surface area contributed by atoms with Crippen LogP contribution < -0.4 is 15.8 Å². The number of ether oxygens (including phenoxy) is 1. The third-order valence-electron chi connectivity index (χ3n) is 2.73. The highest BCUT2D eigenvalue weighted by Gasteiger charge is 2.22. The van der Waals surface area contributed by atoms with Crippen LogP contribution in [0.1, 0.15) is 23.2 Å². The van der Waals surface area contributed by atoms with Crippen LogP contribution >= 0.6 is 0 Å². The molecule has 0 bridgehead atoms. The van der Waals surface area contributed by atoms with Crippen molar-refractivity contribution in [3.8, 4) is 11.5 Å². The summed E-state index contributed by atoms with van der Waals surface area (Å²) >= 11 is 0. The molecule has 0 saturated heterocycles. The van der Waals surface area contributed by atoms with Gasteiger partial charge in [-0.15, -0.1) is 0 Å². The number of hydrogen-bond donors (Lipinski definition) is 4. The number of aromatic hydroxyl groups is 1. The van der Waals surface area contributed by atoms with E-state index in [0.717, 1.165) is 0 Å². The van der Waals surface area contributed by atoms with Crippen molar-refractivity contribution >= 4 is 17.8 Å². The van der Waals surface area contributed by atoms with E-state index in [4.69, 9.17) is 15.6 Å². The Balaban J connectivity index is 2.86. The summed E-state index contributed by atoms with van der Waals surface area (Å²) < 4.78 is 4.92. The Hall–Kier alpha value is -2.77. The second kappa shape index (κ2) is 7.13. The molecule has 8 heteroatoms. The van der Waals surface area contributed by atoms with Gasteiger partial charge in [0.05, 0.1) is 12.7 Å². The Bertz CT molecular complexity index is 558. The smallest absolute Gasteiger partial charge is 0.326 e. The lowest BCUT2D eigenvalue weighted by Gasteiger charge is -2.14. The van der Waals surface area contributed by atoms with E-state index in [1.54, 1.807) is 0 Å². The second-order valence-electron chi connectivity index (χ2n) is 4.25. The van der Waals surface area contributed by atoms with E-state index in [-0.39, 0.29) is 24.2 Å². The van der Waals surface area contributed by atoms with Crippen LogP contribution in [0.25, 0.3) is 0 Å². The average molecular weight is 296 g/mol. The minimum absolute atomic E-state index is 0.125. The monoisotopic (exact) mass is 296 g/mol. The van der Waals surface area contributed by atoms with Crippen molar-refractivity contribution in [2.24, 2.45) is 5.73 Å². The molecule has 0 spiro atoms. The number of rotatable bonds is 7. The zero-order chi connectivity index (χ0) is 16.0. The van der Waals surface area contributed by atoms with Crippen LogP contribution in [0.15, 0.2) is 18.2 Å². The van der Waals surface area contributed by atoms with Crippen molar-refractivity contribution in [1.82, 2.24) is 5.32 Å². The number of nitrogens with one attached hydrogen (secondary N) is 1. The Morgan fingerprint density at radius 2 is 2.05 bits per heavy atom. The number of primary amides is 1. The van der Waals surface area contributed by atoms with Crippen LogP contribution in [-0.2, 0) is 9.59 Å². The molecule has 114 valence electrons. The number of methoxy groups -OCH3 is 1. The van der Waals surface area contributed by atoms with Gasteiger partial charge in [0.25, 0.3) is 5.91 Å². The van der Waals surface area contributed by atoms with Crippen LogP contribution in [0.3, 0.4) is 0 Å². The number of benzene rings is 1. The number of carbonyl (C=O) groups excluding carboxylic acids is 2. The highest BCUT2D eigenvalue weighted by Crippen LogP contribution is 2.22. The maximum absolute atomic E-state index is 12.0. The molecule has 0 unspecified atom stereocenters. The highest BCUT2D eigenvalue weighted by molar-refractivity contribution is 5.99. The van der Waals surface area contributed by atoms with E-state index in [9.17, 15) is 19.5 Å². The lowest BCUT2D eigenvalue weighted by Crippen LogP contribution is -2.41. The van der Waals surface area contributed by atoms with Crippen LogP contribution in [0.2, 0.25) is 0 Å². The first-order valence-electron chi connectivity index (χ1n) is 6.04. The Morgan fingerprint density at radius 1 is 1.38 bits per heavy atom. The summed E-state index contributed by atoms with van der Waals surface area (Å²) in [5.41, 5.74) is 4.82. The van der Waals surface area contributed by atoms with E-state index in [1.807, 2.05) is 0 Å². The fraction of sp³-hybridized carbons (Fsp3) is 0.308. The minimum atomic E-state index is -1.30. The zero-order valence-electron chi connectivity index (χ0n) is 11.3. The average Bonchev–Trinajstić information content (AvgIpc) is 2.43. The summed E-state index contributed by atoms with van der Waals surface area (Å²) in [4.78, 5) is 33.7. The maximum atomic E-state index is 12.0. The van der Waals surface area contributed by atoms with Gasteiger partial charge in [-0.3, -0.25) is 9.59 Å². The molecule has 0 radical (unpaired) electrons. The molecular weight excluding hydrogens is 280 g/mol. The quantitative estimate of drug-likeness (QED) is 0.552. The lowest BCUT2D eigenvalue weighted by molar-refractivity contribution is -0.139. The van der Waals surface area contributed by atoms with Crippen LogP contribution in [-0.4, -0.2) is 41.1 Å². The maximum Gasteiger partial charge on any atom is 0.326 e. The largest absolute Gasteiger partial charge is 0.507 e. The molecule has 21 heavy (non-hydrogen) atoms. The van der Waals surface area contributed by atoms with E-state index in [0.29, 0.717) is 5.75 Å². The van der Waals surface area contributed by atoms with Crippen molar-refractivity contribution in [2.75, 3.05) is 7.11 Å². The van der Waals surface area contributed by atoms with Gasteiger partial charge in [0.2, 0.25) is 5.91 Å². The van der Waals surface area contributed by atoms with Gasteiger partial charge in [-0.05, 0) is 24.6 Å². The number of phenolic OH excluding ortho intramolecular Hbond substituents is 1. The summed E-state index contributed by atoms with van der Waals surface area (Å²) in [7, 11) is 1.39. The summed E-state index contributed by atoms with van der Waals surface area (Å²) in [5.74, 6) is -2.73. The van der Waals surface area contributed by atoms with Crippen LogP contribution in [0.4, 0.5) is 0 Å². The van der Waals surface area contributed by atoms with Crippen molar-refractivity contribution in [2.45, 2.75) is 18.9 Å². The van der Waals surface area contributed by atoms with Gasteiger partial charge < -0.3 is 26.0 Å². The molecule has 1 aromatic carbocycles. The molecule has 1 rings (SSSR count). The predicted octanol–water partition coefficient (Wildman–Crippen LogP) is -0.151. The van der Waals surface area contributed by atoms with Gasteiger partial charge in [-0.25, -0.2) is 4.79 Å². The molecule has 0 aliphatic heterocycles. The number of phenols is 1. The van der Waals surface area contributed by atoms with Crippen molar-refractivity contribution in [3.05, 3.63) is 23.8 Å². The minimum Gasteiger partial charge on any atom is -0.507 e. The fourth-order valence-electron chi connectivity index (χ4n) is 1.60. The van der Waals surface area contributed by atoms with Gasteiger partial charge in [0, 0.05) is 6.42 Å². The van der Waals surface area contributed by atoms with Crippen LogP contribution in [0.5, 0.6) is 11.5 Å². The zero-order valence-corrected chi connectivity index (χ0v) is 11.3. The molecular formula is C13H16N2O6. The standard InChI is InChI=1S/C13H16N2O6/c1-21-7-2-4-10(16)8(6-7)12(18)15-9(13(19)20)3-5-11(14)17/h2,4,6,9,16H,3,5H2,1H3,(H2,14,17)(H,15,18)(H,19,20)/t9-/m0/s1. The Morgan fingerprint density at radius 3 is 2.57 bits per heavy atom. The molecule has 0 heterocycles. The van der Waals surface area contributed by atoms with Gasteiger partial charge in [0.1, 0.15) is 17.5 Å². The van der Waals surface area contributed by atoms with Gasteiger partial charge in [0.15, 0.2) is 0 Å². The number of nitrogens with two attached hydrogens (primary N) is 1. The fourth-order valence-corrected chi connectivity index (χ4v) is 1.60. The van der Waals surface area contributed by atoms with Gasteiger partial charge in [-0.1, -0.05) is 0 Å². The summed E-state index contributed by atoms with van der Waals surface area (Å²) in [5, 5.41) is 20.8. The number of amides is 2. The Labute approximate surface area is 120 Å². The summed E-state index contributed by atoms with van der Waals surface area (Å²) in [6.45, 7) is 0. The number of carboxylic acid groups (broad SMARTS) is 1. The number of carboxylic acids is 1. The van der Waals surface area contributed by atoms with Gasteiger partial charge >= 0.3 is 5.97 Å². The molecule has 0 aliphatic rings. The third kappa shape index (κ3) is 4.68. The first-order chi connectivity index (χ1) is 9.85. The molecule has 1 atom stereocenters. The molecule has 0 fully saturated rings. The normalized spacial score (nSPS) is 11.5.